The smallest absolute Gasteiger partial charge is 0.258 e. The maximum atomic E-state index is 12.3. The maximum Gasteiger partial charge on any atom is 0.424 e. The Balaban J connectivity index is 3.45. The van der Waals surface area contributed by atoms with Gasteiger partial charge in [-0.05, 0) is 15.9 Å². The largest absolute Gasteiger partial charge is 0.424 e. The predicted octanol–water partition coefficient (Wildman–Crippen LogP) is 2.77. The van der Waals surface area contributed by atoms with Crippen LogP contribution in [0.5, 0.6) is 0 Å². The lowest BCUT2D eigenvalue weighted by molar-refractivity contribution is -0.388. The summed E-state index contributed by atoms with van der Waals surface area (Å²) in [6.07, 6.45) is -3.35. The number of pyridine rings is 1. The average Bonchev–Trinajstić information content (AvgIpc) is 2.01. The number of aromatic nitrogens is 1. The van der Waals surface area contributed by atoms with E-state index >= 15 is 0 Å². The Morgan fingerprint density at radius 3 is 2.36 bits per heavy atom. The molecule has 0 bridgehead atoms. The van der Waals surface area contributed by atoms with Gasteiger partial charge in [-0.2, -0.15) is 13.2 Å². The Hall–Kier alpha value is -1.18. The van der Waals surface area contributed by atoms with Crippen LogP contribution in [0.4, 0.5) is 18.9 Å². The standard InChI is InChI=1S/C6H2BrF3N2O2/c7-3-1-11-2-4(12(13)14)5(3)6(8,9)10/h1-2H. The van der Waals surface area contributed by atoms with E-state index in [9.17, 15) is 23.3 Å². The monoisotopic (exact) mass is 270 g/mol. The fraction of sp³-hybridized carbons (Fsp3) is 0.167. The molecule has 1 heterocycles. The lowest BCUT2D eigenvalue weighted by Gasteiger charge is -2.07. The van der Waals surface area contributed by atoms with Gasteiger partial charge in [0.1, 0.15) is 6.20 Å². The van der Waals surface area contributed by atoms with Gasteiger partial charge in [0.15, 0.2) is 5.56 Å². The van der Waals surface area contributed by atoms with Crippen molar-refractivity contribution in [1.82, 2.24) is 4.98 Å². The third-order valence-corrected chi connectivity index (χ3v) is 1.96. The van der Waals surface area contributed by atoms with Gasteiger partial charge in [0.25, 0.3) is 0 Å². The summed E-state index contributed by atoms with van der Waals surface area (Å²) < 4.78 is 36.5. The van der Waals surface area contributed by atoms with Crippen LogP contribution in [0.15, 0.2) is 16.9 Å². The molecule has 4 nitrogen and oxygen atoms in total. The number of nitro groups is 1. The molecule has 0 N–H and O–H groups in total. The molecule has 8 heteroatoms. The van der Waals surface area contributed by atoms with Gasteiger partial charge in [0.2, 0.25) is 0 Å². The molecule has 14 heavy (non-hydrogen) atoms. The molecule has 0 radical (unpaired) electrons. The average molecular weight is 271 g/mol. The highest BCUT2D eigenvalue weighted by Gasteiger charge is 2.40. The van der Waals surface area contributed by atoms with Gasteiger partial charge in [0.05, 0.1) is 9.40 Å². The van der Waals surface area contributed by atoms with Crippen molar-refractivity contribution in [3.8, 4) is 0 Å². The van der Waals surface area contributed by atoms with Crippen LogP contribution in [-0.4, -0.2) is 9.91 Å². The fourth-order valence-corrected chi connectivity index (χ4v) is 1.39. The molecule has 0 aliphatic heterocycles. The number of hydrogen-bond donors (Lipinski definition) is 0. The van der Waals surface area contributed by atoms with Gasteiger partial charge in [-0.15, -0.1) is 0 Å². The van der Waals surface area contributed by atoms with Crippen LogP contribution in [0, 0.1) is 10.1 Å². The normalized spacial score (nSPS) is 11.4. The molecule has 1 rings (SSSR count). The van der Waals surface area contributed by atoms with E-state index in [1.54, 1.807) is 0 Å². The van der Waals surface area contributed by atoms with Crippen molar-refractivity contribution in [1.29, 1.82) is 0 Å². The van der Waals surface area contributed by atoms with E-state index in [1.165, 1.54) is 0 Å². The first kappa shape index (κ1) is 10.9. The molecule has 1 aromatic rings. The number of nitrogens with zero attached hydrogens (tertiary/aromatic N) is 2. The minimum Gasteiger partial charge on any atom is -0.258 e. The highest BCUT2D eigenvalue weighted by atomic mass is 79.9. The zero-order chi connectivity index (χ0) is 10.9. The first-order chi connectivity index (χ1) is 6.34. The molecule has 0 aliphatic rings. The van der Waals surface area contributed by atoms with E-state index in [1.807, 2.05) is 0 Å². The van der Waals surface area contributed by atoms with Crippen molar-refractivity contribution in [2.75, 3.05) is 0 Å². The molecule has 0 fully saturated rings. The Kier molecular flexibility index (Phi) is 2.74. The minimum atomic E-state index is -4.77. The second-order valence-corrected chi connectivity index (χ2v) is 3.12. The second kappa shape index (κ2) is 3.52. The third-order valence-electron chi connectivity index (χ3n) is 1.36. The molecule has 76 valence electrons. The third kappa shape index (κ3) is 2.00. The zero-order valence-electron chi connectivity index (χ0n) is 6.38. The van der Waals surface area contributed by atoms with Gasteiger partial charge >= 0.3 is 11.9 Å². The topological polar surface area (TPSA) is 56.0 Å². The van der Waals surface area contributed by atoms with E-state index in [-0.39, 0.29) is 0 Å². The van der Waals surface area contributed by atoms with Crippen molar-refractivity contribution in [2.45, 2.75) is 6.18 Å². The molecule has 0 saturated heterocycles. The number of hydrogen-bond acceptors (Lipinski definition) is 3. The first-order valence-electron chi connectivity index (χ1n) is 3.19. The van der Waals surface area contributed by atoms with Crippen LogP contribution in [0.3, 0.4) is 0 Å². The summed E-state index contributed by atoms with van der Waals surface area (Å²) in [6, 6.07) is 0. The summed E-state index contributed by atoms with van der Waals surface area (Å²) in [5.41, 5.74) is -2.38. The summed E-state index contributed by atoms with van der Waals surface area (Å²) in [5.74, 6) is 0. The molecule has 1 aromatic heterocycles. The van der Waals surface area contributed by atoms with Gasteiger partial charge in [0, 0.05) is 6.20 Å². The van der Waals surface area contributed by atoms with Crippen LogP contribution in [0.2, 0.25) is 0 Å². The van der Waals surface area contributed by atoms with Crippen molar-refractivity contribution >= 4 is 21.6 Å². The fourth-order valence-electron chi connectivity index (χ4n) is 0.844. The van der Waals surface area contributed by atoms with E-state index < -0.39 is 26.8 Å². The van der Waals surface area contributed by atoms with Crippen LogP contribution >= 0.6 is 15.9 Å². The zero-order valence-corrected chi connectivity index (χ0v) is 7.96. The highest BCUT2D eigenvalue weighted by Crippen LogP contribution is 2.39. The van der Waals surface area contributed by atoms with Gasteiger partial charge in [-0.3, -0.25) is 15.1 Å². The summed E-state index contributed by atoms with van der Waals surface area (Å²) in [5, 5.41) is 10.3. The molecular formula is C6H2BrF3N2O2. The Bertz CT molecular complexity index is 380. The van der Waals surface area contributed by atoms with Gasteiger partial charge < -0.3 is 0 Å². The molecule has 0 spiro atoms. The number of halogens is 4. The van der Waals surface area contributed by atoms with E-state index in [2.05, 4.69) is 20.9 Å². The van der Waals surface area contributed by atoms with Gasteiger partial charge in [-0.25, -0.2) is 0 Å². The molecular weight excluding hydrogens is 269 g/mol. The molecule has 0 aromatic carbocycles. The van der Waals surface area contributed by atoms with Crippen LogP contribution in [0.25, 0.3) is 0 Å². The maximum absolute atomic E-state index is 12.3. The predicted molar refractivity (Wildman–Crippen MR) is 43.6 cm³/mol. The number of alkyl halides is 3. The summed E-state index contributed by atoms with van der Waals surface area (Å²) in [7, 11) is 0. The number of rotatable bonds is 1. The lowest BCUT2D eigenvalue weighted by atomic mass is 10.2. The van der Waals surface area contributed by atoms with Crippen LogP contribution in [-0.2, 0) is 6.18 Å². The summed E-state index contributed by atoms with van der Waals surface area (Å²) in [4.78, 5) is 12.4. The van der Waals surface area contributed by atoms with Crippen molar-refractivity contribution in [3.05, 3.63) is 32.5 Å². The Morgan fingerprint density at radius 1 is 1.43 bits per heavy atom. The minimum absolute atomic E-state index is 0.445. The Morgan fingerprint density at radius 2 is 2.00 bits per heavy atom. The molecule has 0 saturated carbocycles. The first-order valence-corrected chi connectivity index (χ1v) is 3.98. The summed E-state index contributed by atoms with van der Waals surface area (Å²) >= 11 is 2.56. The van der Waals surface area contributed by atoms with E-state index in [0.717, 1.165) is 6.20 Å². The molecule has 0 amide bonds. The lowest BCUT2D eigenvalue weighted by Crippen LogP contribution is -2.10. The van der Waals surface area contributed by atoms with Crippen molar-refractivity contribution < 1.29 is 18.1 Å². The van der Waals surface area contributed by atoms with Crippen molar-refractivity contribution in [3.63, 3.8) is 0 Å². The van der Waals surface area contributed by atoms with E-state index in [4.69, 9.17) is 0 Å². The molecule has 0 unspecified atom stereocenters. The van der Waals surface area contributed by atoms with Crippen LogP contribution < -0.4 is 0 Å². The quantitative estimate of drug-likeness (QED) is 0.582. The second-order valence-electron chi connectivity index (χ2n) is 2.27. The highest BCUT2D eigenvalue weighted by molar-refractivity contribution is 9.10. The Labute approximate surface area is 84.0 Å². The summed E-state index contributed by atoms with van der Waals surface area (Å²) in [6.45, 7) is 0. The molecule has 0 aliphatic carbocycles. The van der Waals surface area contributed by atoms with Gasteiger partial charge in [-0.1, -0.05) is 0 Å². The SMILES string of the molecule is O=[N+]([O-])c1cncc(Br)c1C(F)(F)F. The van der Waals surface area contributed by atoms with Crippen LogP contribution in [0.1, 0.15) is 5.56 Å². The van der Waals surface area contributed by atoms with Crippen molar-refractivity contribution in [2.24, 2.45) is 0 Å². The van der Waals surface area contributed by atoms with E-state index in [0.29, 0.717) is 6.20 Å². The molecule has 0 atom stereocenters.